The Morgan fingerprint density at radius 2 is 1.72 bits per heavy atom. The number of carbonyl (C=O) groups is 3. The van der Waals surface area contributed by atoms with E-state index in [4.69, 9.17) is 4.74 Å². The molecule has 0 saturated heterocycles. The number of ether oxygens (including phenoxy) is 1. The molecule has 2 aromatic carbocycles. The van der Waals surface area contributed by atoms with Gasteiger partial charge >= 0.3 is 0 Å². The predicted octanol–water partition coefficient (Wildman–Crippen LogP) is 3.67. The average molecular weight is 400 g/mol. The van der Waals surface area contributed by atoms with Crippen molar-refractivity contribution in [1.29, 1.82) is 0 Å². The molecule has 0 spiro atoms. The Morgan fingerprint density at radius 3 is 2.31 bits per heavy atom. The molecule has 0 heterocycles. The summed E-state index contributed by atoms with van der Waals surface area (Å²) in [4.78, 5) is 38.0. The van der Waals surface area contributed by atoms with E-state index in [-0.39, 0.29) is 24.8 Å². The van der Waals surface area contributed by atoms with Crippen molar-refractivity contribution in [2.75, 3.05) is 18.5 Å². The number of rotatable bonds is 7. The van der Waals surface area contributed by atoms with E-state index < -0.39 is 17.3 Å². The van der Waals surface area contributed by atoms with E-state index in [1.54, 1.807) is 24.3 Å². The third kappa shape index (κ3) is 6.71. The van der Waals surface area contributed by atoms with Crippen molar-refractivity contribution >= 4 is 23.3 Å². The highest BCUT2D eigenvalue weighted by Gasteiger charge is 2.28. The van der Waals surface area contributed by atoms with Crippen LogP contribution in [0.1, 0.15) is 38.1 Å². The van der Waals surface area contributed by atoms with Crippen LogP contribution in [0.5, 0.6) is 5.75 Å². The maximum absolute atomic E-state index is 13.0. The molecule has 2 rings (SSSR count). The molecule has 0 aliphatic rings. The van der Waals surface area contributed by atoms with Crippen molar-refractivity contribution in [2.24, 2.45) is 0 Å². The first kappa shape index (κ1) is 22.1. The second-order valence-electron chi connectivity index (χ2n) is 7.58. The zero-order valence-corrected chi connectivity index (χ0v) is 17.0. The van der Waals surface area contributed by atoms with Crippen LogP contribution in [-0.4, -0.2) is 41.2 Å². The van der Waals surface area contributed by atoms with Crippen LogP contribution in [-0.2, 0) is 9.59 Å². The van der Waals surface area contributed by atoms with E-state index in [0.717, 1.165) is 0 Å². The summed E-state index contributed by atoms with van der Waals surface area (Å²) >= 11 is 0. The number of hydrogen-bond acceptors (Lipinski definition) is 4. The van der Waals surface area contributed by atoms with E-state index >= 15 is 0 Å². The fraction of sp³-hybridized carbons (Fsp3) is 0.318. The zero-order chi connectivity index (χ0) is 21.6. The van der Waals surface area contributed by atoms with Crippen LogP contribution in [0.15, 0.2) is 48.5 Å². The molecule has 0 fully saturated rings. The van der Waals surface area contributed by atoms with E-state index in [9.17, 15) is 18.8 Å². The lowest BCUT2D eigenvalue weighted by atomic mass is 10.1. The summed E-state index contributed by atoms with van der Waals surface area (Å²) in [6.45, 7) is 6.43. The minimum absolute atomic E-state index is 0.101. The molecule has 1 N–H and O–H groups in total. The molecule has 0 unspecified atom stereocenters. The lowest BCUT2D eigenvalue weighted by Gasteiger charge is -2.35. The van der Waals surface area contributed by atoms with Gasteiger partial charge < -0.3 is 15.0 Å². The lowest BCUT2D eigenvalue weighted by molar-refractivity contribution is -0.141. The Hall–Kier alpha value is -3.22. The van der Waals surface area contributed by atoms with Crippen LogP contribution in [0.3, 0.4) is 0 Å². The number of amides is 2. The molecule has 0 aliphatic heterocycles. The monoisotopic (exact) mass is 400 g/mol. The SMILES string of the molecule is CC(=O)c1cccc(OCC(=O)N(CC(=O)Nc2ccc(F)cc2)C(C)(C)C)c1. The Kier molecular flexibility index (Phi) is 7.09. The summed E-state index contributed by atoms with van der Waals surface area (Å²) in [5.41, 5.74) is 0.304. The summed E-state index contributed by atoms with van der Waals surface area (Å²) < 4.78 is 18.5. The summed E-state index contributed by atoms with van der Waals surface area (Å²) in [5, 5.41) is 2.64. The first-order chi connectivity index (χ1) is 13.6. The molecule has 7 heteroatoms. The van der Waals surface area contributed by atoms with Crippen molar-refractivity contribution in [3.05, 3.63) is 59.9 Å². The number of nitrogens with zero attached hydrogens (tertiary/aromatic N) is 1. The van der Waals surface area contributed by atoms with Crippen LogP contribution in [0.4, 0.5) is 10.1 Å². The molecule has 0 aromatic heterocycles. The second kappa shape index (κ2) is 9.32. The Labute approximate surface area is 169 Å². The molecule has 154 valence electrons. The van der Waals surface area contributed by atoms with E-state index in [1.165, 1.54) is 36.1 Å². The fourth-order valence-corrected chi connectivity index (χ4v) is 2.60. The van der Waals surface area contributed by atoms with E-state index in [0.29, 0.717) is 17.0 Å². The van der Waals surface area contributed by atoms with Gasteiger partial charge in [-0.25, -0.2) is 4.39 Å². The molecule has 0 atom stereocenters. The average Bonchev–Trinajstić information content (AvgIpc) is 2.65. The van der Waals surface area contributed by atoms with Crippen molar-refractivity contribution in [3.8, 4) is 5.75 Å². The van der Waals surface area contributed by atoms with Crippen LogP contribution in [0.2, 0.25) is 0 Å². The molecule has 29 heavy (non-hydrogen) atoms. The van der Waals surface area contributed by atoms with Gasteiger partial charge in [-0.3, -0.25) is 14.4 Å². The van der Waals surface area contributed by atoms with Crippen molar-refractivity contribution in [2.45, 2.75) is 33.2 Å². The van der Waals surface area contributed by atoms with Gasteiger partial charge in [-0.2, -0.15) is 0 Å². The van der Waals surface area contributed by atoms with Gasteiger partial charge in [0.15, 0.2) is 12.4 Å². The standard InChI is InChI=1S/C22H25FN2O4/c1-15(26)16-6-5-7-19(12-16)29-14-21(28)25(22(2,3)4)13-20(27)24-18-10-8-17(23)9-11-18/h5-12H,13-14H2,1-4H3,(H,24,27). The van der Waals surface area contributed by atoms with Gasteiger partial charge in [0.05, 0.1) is 0 Å². The molecule has 0 radical (unpaired) electrons. The first-order valence-electron chi connectivity index (χ1n) is 9.16. The zero-order valence-electron chi connectivity index (χ0n) is 17.0. The quantitative estimate of drug-likeness (QED) is 0.720. The minimum Gasteiger partial charge on any atom is -0.484 e. The summed E-state index contributed by atoms with van der Waals surface area (Å²) in [6.07, 6.45) is 0. The molecular weight excluding hydrogens is 375 g/mol. The minimum atomic E-state index is -0.623. The van der Waals surface area contributed by atoms with Crippen molar-refractivity contribution < 1.29 is 23.5 Å². The highest BCUT2D eigenvalue weighted by molar-refractivity contribution is 5.95. The largest absolute Gasteiger partial charge is 0.484 e. The summed E-state index contributed by atoms with van der Waals surface area (Å²) in [7, 11) is 0. The topological polar surface area (TPSA) is 75.7 Å². The fourth-order valence-electron chi connectivity index (χ4n) is 2.60. The molecule has 0 saturated carbocycles. The van der Waals surface area contributed by atoms with Gasteiger partial charge in [0.25, 0.3) is 5.91 Å². The number of ketones is 1. The lowest BCUT2D eigenvalue weighted by Crippen LogP contribution is -2.51. The number of halogens is 1. The molecule has 2 aromatic rings. The molecule has 0 bridgehead atoms. The van der Waals surface area contributed by atoms with Gasteiger partial charge in [-0.05, 0) is 64.1 Å². The Morgan fingerprint density at radius 1 is 1.07 bits per heavy atom. The second-order valence-corrected chi connectivity index (χ2v) is 7.58. The maximum Gasteiger partial charge on any atom is 0.261 e. The number of hydrogen-bond donors (Lipinski definition) is 1. The highest BCUT2D eigenvalue weighted by atomic mass is 19.1. The van der Waals surface area contributed by atoms with E-state index in [2.05, 4.69) is 5.32 Å². The molecule has 0 aliphatic carbocycles. The normalized spacial score (nSPS) is 10.9. The van der Waals surface area contributed by atoms with Crippen LogP contribution in [0, 0.1) is 5.82 Å². The van der Waals surface area contributed by atoms with Crippen molar-refractivity contribution in [1.82, 2.24) is 4.90 Å². The number of carbonyl (C=O) groups excluding carboxylic acids is 3. The summed E-state index contributed by atoms with van der Waals surface area (Å²) in [5.74, 6) is -0.884. The maximum atomic E-state index is 13.0. The van der Waals surface area contributed by atoms with Gasteiger partial charge in [-0.1, -0.05) is 12.1 Å². The first-order valence-corrected chi connectivity index (χ1v) is 9.16. The number of anilines is 1. The molecule has 2 amide bonds. The Balaban J connectivity index is 2.02. The van der Waals surface area contributed by atoms with Gasteiger partial charge in [-0.15, -0.1) is 0 Å². The van der Waals surface area contributed by atoms with Crippen molar-refractivity contribution in [3.63, 3.8) is 0 Å². The van der Waals surface area contributed by atoms with Crippen LogP contribution < -0.4 is 10.1 Å². The third-order valence-corrected chi connectivity index (χ3v) is 4.14. The van der Waals surface area contributed by atoms with Crippen LogP contribution >= 0.6 is 0 Å². The number of nitrogens with one attached hydrogen (secondary N) is 1. The van der Waals surface area contributed by atoms with Gasteiger partial charge in [0, 0.05) is 16.8 Å². The van der Waals surface area contributed by atoms with Gasteiger partial charge in [0.2, 0.25) is 5.91 Å². The van der Waals surface area contributed by atoms with Gasteiger partial charge in [0.1, 0.15) is 18.1 Å². The smallest absolute Gasteiger partial charge is 0.261 e. The predicted molar refractivity (Wildman–Crippen MR) is 108 cm³/mol. The summed E-state index contributed by atoms with van der Waals surface area (Å²) in [6, 6.07) is 11.9. The molecule has 6 nitrogen and oxygen atoms in total. The Bertz CT molecular complexity index is 888. The highest BCUT2D eigenvalue weighted by Crippen LogP contribution is 2.17. The van der Waals surface area contributed by atoms with E-state index in [1.807, 2.05) is 20.8 Å². The number of benzene rings is 2. The molecular formula is C22H25FN2O4. The number of Topliss-reactive ketones (excluding diaryl/α,β-unsaturated/α-hetero) is 1. The third-order valence-electron chi connectivity index (χ3n) is 4.14. The van der Waals surface area contributed by atoms with Crippen LogP contribution in [0.25, 0.3) is 0 Å².